The Kier molecular flexibility index (Phi) is 6.71. The van der Waals surface area contributed by atoms with Crippen molar-refractivity contribution in [2.75, 3.05) is 39.3 Å². The Bertz CT molecular complexity index is 257. The maximum Gasteiger partial charge on any atom is 0.0332 e. The van der Waals surface area contributed by atoms with Crippen LogP contribution in [0.1, 0.15) is 44.9 Å². The summed E-state index contributed by atoms with van der Waals surface area (Å²) < 4.78 is 10.1. The number of nitrogens with zero attached hydrogens (tertiary/aromatic N) is 4. The van der Waals surface area contributed by atoms with Gasteiger partial charge in [-0.3, -0.25) is 0 Å². The van der Waals surface area contributed by atoms with Crippen LogP contribution in [0.4, 0.5) is 0 Å². The molecule has 3 fully saturated rings. The molecule has 0 aromatic rings. The van der Waals surface area contributed by atoms with Crippen molar-refractivity contribution in [2.24, 2.45) is 0 Å². The zero-order valence-corrected chi connectivity index (χ0v) is 14.7. The molecule has 3 rings (SSSR count). The quantitative estimate of drug-likeness (QED) is 0.718. The standard InChI is InChI=1S/C13H26N4S3/c1-3-8-14(9-4-1)18-16-12-7-13-17(20-16)19-15-10-5-2-6-11-15/h1-13H2. The van der Waals surface area contributed by atoms with E-state index in [0.29, 0.717) is 0 Å². The first-order valence-corrected chi connectivity index (χ1v) is 10.2. The zero-order chi connectivity index (χ0) is 13.6. The summed E-state index contributed by atoms with van der Waals surface area (Å²) in [5, 5.41) is 0. The van der Waals surface area contributed by atoms with Crippen LogP contribution in [-0.4, -0.2) is 55.3 Å². The van der Waals surface area contributed by atoms with Gasteiger partial charge in [-0.2, -0.15) is 7.42 Å². The molecule has 0 amide bonds. The van der Waals surface area contributed by atoms with E-state index in [2.05, 4.69) is 16.0 Å². The third kappa shape index (κ3) is 4.97. The lowest BCUT2D eigenvalue weighted by Gasteiger charge is -2.37. The monoisotopic (exact) mass is 334 g/mol. The molecule has 0 aromatic carbocycles. The number of hydrogen-bond acceptors (Lipinski definition) is 7. The Balaban J connectivity index is 1.41. The van der Waals surface area contributed by atoms with Gasteiger partial charge >= 0.3 is 0 Å². The highest BCUT2D eigenvalue weighted by atomic mass is 32.3. The van der Waals surface area contributed by atoms with Gasteiger partial charge in [-0.15, -0.1) is 0 Å². The van der Waals surface area contributed by atoms with E-state index in [1.54, 1.807) is 0 Å². The second-order valence-corrected chi connectivity index (χ2v) is 9.44. The largest absolute Gasteiger partial charge is 0.236 e. The van der Waals surface area contributed by atoms with Gasteiger partial charge < -0.3 is 0 Å². The molecule has 0 aliphatic carbocycles. The average molecular weight is 335 g/mol. The maximum atomic E-state index is 2.55. The van der Waals surface area contributed by atoms with E-state index in [0.717, 1.165) is 0 Å². The van der Waals surface area contributed by atoms with E-state index in [9.17, 15) is 0 Å². The van der Waals surface area contributed by atoms with Crippen molar-refractivity contribution >= 4 is 36.4 Å². The van der Waals surface area contributed by atoms with E-state index >= 15 is 0 Å². The van der Waals surface area contributed by atoms with Crippen LogP contribution in [0.3, 0.4) is 0 Å². The van der Waals surface area contributed by atoms with Gasteiger partial charge in [0.2, 0.25) is 0 Å². The smallest absolute Gasteiger partial charge is 0.0332 e. The molecule has 3 heterocycles. The van der Waals surface area contributed by atoms with Gasteiger partial charge in [0.05, 0.1) is 0 Å². The fraction of sp³-hybridized carbons (Fsp3) is 1.00. The van der Waals surface area contributed by atoms with Gasteiger partial charge in [0.1, 0.15) is 0 Å². The van der Waals surface area contributed by atoms with Crippen molar-refractivity contribution in [1.82, 2.24) is 16.0 Å². The van der Waals surface area contributed by atoms with Crippen molar-refractivity contribution in [2.45, 2.75) is 44.9 Å². The van der Waals surface area contributed by atoms with Crippen molar-refractivity contribution in [3.63, 3.8) is 0 Å². The van der Waals surface area contributed by atoms with Crippen molar-refractivity contribution < 1.29 is 0 Å². The van der Waals surface area contributed by atoms with Crippen molar-refractivity contribution in [1.29, 1.82) is 0 Å². The minimum absolute atomic E-state index is 1.21. The molecule has 0 atom stereocenters. The second-order valence-electron chi connectivity index (χ2n) is 5.69. The summed E-state index contributed by atoms with van der Waals surface area (Å²) in [5.41, 5.74) is 0. The highest BCUT2D eigenvalue weighted by Crippen LogP contribution is 2.38. The second kappa shape index (κ2) is 8.50. The molecule has 3 aliphatic rings. The van der Waals surface area contributed by atoms with E-state index in [-0.39, 0.29) is 0 Å². The number of rotatable bonds is 4. The number of hydrogen-bond donors (Lipinski definition) is 0. The molecule has 0 bridgehead atoms. The van der Waals surface area contributed by atoms with Crippen LogP contribution < -0.4 is 0 Å². The van der Waals surface area contributed by atoms with Gasteiger partial charge in [-0.25, -0.2) is 8.61 Å². The molecule has 0 N–H and O–H groups in total. The fourth-order valence-electron chi connectivity index (χ4n) is 2.77. The summed E-state index contributed by atoms with van der Waals surface area (Å²) in [6.45, 7) is 7.48. The molecule has 20 heavy (non-hydrogen) atoms. The summed E-state index contributed by atoms with van der Waals surface area (Å²) in [4.78, 5) is 0. The van der Waals surface area contributed by atoms with Gasteiger partial charge in [0.25, 0.3) is 0 Å². The average Bonchev–Trinajstić information content (AvgIpc) is 2.50. The van der Waals surface area contributed by atoms with E-state index in [4.69, 9.17) is 0 Å². The van der Waals surface area contributed by atoms with Crippen molar-refractivity contribution in [3.05, 3.63) is 0 Å². The summed E-state index contributed by atoms with van der Waals surface area (Å²) in [6.07, 6.45) is 9.61. The van der Waals surface area contributed by atoms with E-state index < -0.39 is 0 Å². The molecule has 3 aliphatic heterocycles. The van der Waals surface area contributed by atoms with Gasteiger partial charge in [-0.1, -0.05) is 12.8 Å². The van der Waals surface area contributed by atoms with Crippen LogP contribution in [0.15, 0.2) is 0 Å². The first-order chi connectivity index (χ1) is 9.90. The highest BCUT2D eigenvalue weighted by molar-refractivity contribution is 8.16. The molecule has 0 spiro atoms. The molecule has 0 saturated carbocycles. The van der Waals surface area contributed by atoms with Gasteiger partial charge in [-0.05, 0) is 32.1 Å². The molecular formula is C13H26N4S3. The van der Waals surface area contributed by atoms with Gasteiger partial charge in [0.15, 0.2) is 0 Å². The van der Waals surface area contributed by atoms with Crippen LogP contribution in [0.25, 0.3) is 0 Å². The maximum absolute atomic E-state index is 2.55. The highest BCUT2D eigenvalue weighted by Gasteiger charge is 2.25. The van der Waals surface area contributed by atoms with Crippen LogP contribution in [0.5, 0.6) is 0 Å². The van der Waals surface area contributed by atoms with E-state index in [1.165, 1.54) is 84.2 Å². The third-order valence-electron chi connectivity index (χ3n) is 3.91. The summed E-state index contributed by atoms with van der Waals surface area (Å²) in [6, 6.07) is 0. The third-order valence-corrected chi connectivity index (χ3v) is 7.36. The number of piperidine rings is 2. The predicted octanol–water partition coefficient (Wildman–Crippen LogP) is 3.66. The lowest BCUT2D eigenvalue weighted by Crippen LogP contribution is -2.34. The minimum Gasteiger partial charge on any atom is -0.236 e. The first-order valence-electron chi connectivity index (χ1n) is 7.99. The first kappa shape index (κ1) is 15.8. The predicted molar refractivity (Wildman–Crippen MR) is 91.7 cm³/mol. The Morgan fingerprint density at radius 3 is 1.40 bits per heavy atom. The molecule has 0 unspecified atom stereocenters. The minimum atomic E-state index is 1.21. The molecule has 0 radical (unpaired) electrons. The summed E-state index contributed by atoms with van der Waals surface area (Å²) in [7, 11) is 0. The Morgan fingerprint density at radius 2 is 0.950 bits per heavy atom. The normalized spacial score (nSPS) is 28.8. The molecule has 4 nitrogen and oxygen atoms in total. The molecular weight excluding hydrogens is 308 g/mol. The Morgan fingerprint density at radius 1 is 0.500 bits per heavy atom. The molecule has 3 saturated heterocycles. The van der Waals surface area contributed by atoms with Crippen LogP contribution in [-0.2, 0) is 0 Å². The van der Waals surface area contributed by atoms with E-state index in [1.807, 2.05) is 36.4 Å². The SMILES string of the molecule is C1CCN(SN2CCCN(SN3CCCCC3)S2)CC1. The van der Waals surface area contributed by atoms with Gasteiger partial charge in [0, 0.05) is 75.7 Å². The molecule has 116 valence electrons. The fourth-order valence-corrected chi connectivity index (χ4v) is 6.59. The summed E-state index contributed by atoms with van der Waals surface area (Å²) >= 11 is 5.85. The topological polar surface area (TPSA) is 13.0 Å². The Labute approximate surface area is 136 Å². The lowest BCUT2D eigenvalue weighted by atomic mass is 10.2. The zero-order valence-electron chi connectivity index (χ0n) is 12.2. The Hall–Kier alpha value is 0.890. The lowest BCUT2D eigenvalue weighted by molar-refractivity contribution is 0.366. The van der Waals surface area contributed by atoms with Crippen LogP contribution >= 0.6 is 36.4 Å². The molecule has 0 aromatic heterocycles. The van der Waals surface area contributed by atoms with Crippen molar-refractivity contribution in [3.8, 4) is 0 Å². The molecule has 7 heteroatoms. The van der Waals surface area contributed by atoms with Crippen LogP contribution in [0.2, 0.25) is 0 Å². The summed E-state index contributed by atoms with van der Waals surface area (Å²) in [5.74, 6) is 0. The van der Waals surface area contributed by atoms with Crippen LogP contribution in [0, 0.1) is 0 Å².